The quantitative estimate of drug-likeness (QED) is 0.543. The minimum atomic E-state index is -0.468. The molecule has 0 fully saturated rings. The molecule has 0 radical (unpaired) electrons. The highest BCUT2D eigenvalue weighted by atomic mass is 32.1. The first kappa shape index (κ1) is 21.5. The van der Waals surface area contributed by atoms with E-state index in [9.17, 15) is 9.59 Å². The molecule has 0 bridgehead atoms. The molecule has 0 spiro atoms. The minimum Gasteiger partial charge on any atom is -0.481 e. The molecule has 1 heterocycles. The lowest BCUT2D eigenvalue weighted by Crippen LogP contribution is -2.16. The Bertz CT molecular complexity index is 1020. The second-order valence-electron chi connectivity index (χ2n) is 6.94. The van der Waals surface area contributed by atoms with Gasteiger partial charge >= 0.3 is 5.97 Å². The molecule has 2 aromatic carbocycles. The van der Waals surface area contributed by atoms with Gasteiger partial charge in [-0.15, -0.1) is 11.3 Å². The monoisotopic (exact) mass is 424 g/mol. The van der Waals surface area contributed by atoms with Crippen molar-refractivity contribution < 1.29 is 19.1 Å². The Balaban J connectivity index is 1.45. The van der Waals surface area contributed by atoms with E-state index in [-0.39, 0.29) is 25.5 Å². The molecule has 0 unspecified atom stereocenters. The largest absolute Gasteiger partial charge is 0.481 e. The Labute approximate surface area is 179 Å². The van der Waals surface area contributed by atoms with Crippen LogP contribution in [-0.4, -0.2) is 23.5 Å². The lowest BCUT2D eigenvalue weighted by atomic mass is 10.1. The van der Waals surface area contributed by atoms with Crippen LogP contribution in [0.25, 0.3) is 0 Å². The SMILES string of the molecule is Cc1ccccc1NC(=O)Cc1nc(COC(=O)COc2c(C)cccc2C)cs1. The molecule has 0 atom stereocenters. The van der Waals surface area contributed by atoms with Gasteiger partial charge in [0.2, 0.25) is 5.91 Å². The average Bonchev–Trinajstić information content (AvgIpc) is 3.15. The minimum absolute atomic E-state index is 0.0465. The maximum atomic E-state index is 12.2. The fourth-order valence-electron chi connectivity index (χ4n) is 2.90. The highest BCUT2D eigenvalue weighted by molar-refractivity contribution is 7.09. The Hall–Kier alpha value is -3.19. The highest BCUT2D eigenvalue weighted by Crippen LogP contribution is 2.22. The summed E-state index contributed by atoms with van der Waals surface area (Å²) < 4.78 is 10.8. The molecule has 0 saturated heterocycles. The van der Waals surface area contributed by atoms with Gasteiger partial charge in [-0.3, -0.25) is 4.79 Å². The number of aryl methyl sites for hydroxylation is 3. The van der Waals surface area contributed by atoms with Crippen LogP contribution in [-0.2, 0) is 27.4 Å². The van der Waals surface area contributed by atoms with E-state index >= 15 is 0 Å². The molecule has 0 aliphatic carbocycles. The van der Waals surface area contributed by atoms with Crippen LogP contribution in [0.3, 0.4) is 0 Å². The molecular formula is C23H24N2O4S. The molecular weight excluding hydrogens is 400 g/mol. The van der Waals surface area contributed by atoms with Crippen molar-refractivity contribution >= 4 is 28.9 Å². The standard InChI is InChI=1S/C23H24N2O4S/c1-15-7-4-5-10-19(15)25-20(26)11-21-24-18(14-30-21)12-28-22(27)13-29-23-16(2)8-6-9-17(23)3/h4-10,14H,11-13H2,1-3H3,(H,25,26). The van der Waals surface area contributed by atoms with Gasteiger partial charge in [0.15, 0.2) is 6.61 Å². The molecule has 0 aliphatic heterocycles. The number of amides is 1. The van der Waals surface area contributed by atoms with E-state index in [0.29, 0.717) is 16.5 Å². The summed E-state index contributed by atoms with van der Waals surface area (Å²) in [6, 6.07) is 13.4. The summed E-state index contributed by atoms with van der Waals surface area (Å²) in [5, 5.41) is 5.34. The van der Waals surface area contributed by atoms with Gasteiger partial charge < -0.3 is 14.8 Å². The van der Waals surface area contributed by atoms with Crippen molar-refractivity contribution in [3.05, 3.63) is 75.2 Å². The van der Waals surface area contributed by atoms with Gasteiger partial charge in [0.1, 0.15) is 17.4 Å². The molecule has 6 nitrogen and oxygen atoms in total. The van der Waals surface area contributed by atoms with Crippen molar-refractivity contribution in [2.45, 2.75) is 33.8 Å². The van der Waals surface area contributed by atoms with Crippen LogP contribution < -0.4 is 10.1 Å². The topological polar surface area (TPSA) is 77.5 Å². The molecule has 0 saturated carbocycles. The van der Waals surface area contributed by atoms with Gasteiger partial charge in [-0.25, -0.2) is 9.78 Å². The number of benzene rings is 2. The summed E-state index contributed by atoms with van der Waals surface area (Å²) in [6.07, 6.45) is 0.169. The van der Waals surface area contributed by atoms with Crippen LogP contribution in [0, 0.1) is 20.8 Å². The smallest absolute Gasteiger partial charge is 0.344 e. The number of carbonyl (C=O) groups excluding carboxylic acids is 2. The van der Waals surface area contributed by atoms with Crippen molar-refractivity contribution in [2.24, 2.45) is 0 Å². The lowest BCUT2D eigenvalue weighted by molar-refractivity contribution is -0.147. The number of anilines is 1. The first-order valence-corrected chi connectivity index (χ1v) is 10.4. The van der Waals surface area contributed by atoms with E-state index in [1.807, 2.05) is 63.2 Å². The maximum Gasteiger partial charge on any atom is 0.344 e. The molecule has 1 aromatic heterocycles. The number of aromatic nitrogens is 1. The van der Waals surface area contributed by atoms with Crippen LogP contribution in [0.2, 0.25) is 0 Å². The predicted molar refractivity (Wildman–Crippen MR) is 117 cm³/mol. The van der Waals surface area contributed by atoms with E-state index in [4.69, 9.17) is 9.47 Å². The normalized spacial score (nSPS) is 10.5. The third-order valence-electron chi connectivity index (χ3n) is 4.45. The van der Waals surface area contributed by atoms with Crippen molar-refractivity contribution in [1.29, 1.82) is 0 Å². The fraction of sp³-hybridized carbons (Fsp3) is 0.261. The van der Waals surface area contributed by atoms with E-state index in [1.54, 1.807) is 5.38 Å². The van der Waals surface area contributed by atoms with Crippen LogP contribution in [0.1, 0.15) is 27.4 Å². The summed E-state index contributed by atoms with van der Waals surface area (Å²) in [5.74, 6) is 0.0961. The Morgan fingerprint density at radius 1 is 1.00 bits per heavy atom. The zero-order valence-electron chi connectivity index (χ0n) is 17.2. The number of hydrogen-bond acceptors (Lipinski definition) is 6. The van der Waals surface area contributed by atoms with Gasteiger partial charge in [0.25, 0.3) is 0 Å². The van der Waals surface area contributed by atoms with Crippen LogP contribution >= 0.6 is 11.3 Å². The number of nitrogens with one attached hydrogen (secondary N) is 1. The summed E-state index contributed by atoms with van der Waals surface area (Å²) >= 11 is 1.36. The fourth-order valence-corrected chi connectivity index (χ4v) is 3.67. The van der Waals surface area contributed by atoms with Crippen molar-refractivity contribution in [1.82, 2.24) is 4.98 Å². The third-order valence-corrected chi connectivity index (χ3v) is 5.35. The number of para-hydroxylation sites is 2. The number of esters is 1. The number of ether oxygens (including phenoxy) is 2. The van der Waals surface area contributed by atoms with Gasteiger partial charge in [-0.05, 0) is 43.5 Å². The van der Waals surface area contributed by atoms with Crippen LogP contribution in [0.4, 0.5) is 5.69 Å². The number of thiazole rings is 1. The van der Waals surface area contributed by atoms with Crippen molar-refractivity contribution in [2.75, 3.05) is 11.9 Å². The molecule has 156 valence electrons. The van der Waals surface area contributed by atoms with Gasteiger partial charge in [0, 0.05) is 11.1 Å². The molecule has 30 heavy (non-hydrogen) atoms. The Morgan fingerprint density at radius 3 is 2.43 bits per heavy atom. The van der Waals surface area contributed by atoms with Gasteiger partial charge in [-0.2, -0.15) is 0 Å². The Morgan fingerprint density at radius 2 is 1.70 bits per heavy atom. The van der Waals surface area contributed by atoms with E-state index < -0.39 is 5.97 Å². The molecule has 7 heteroatoms. The first-order chi connectivity index (χ1) is 14.4. The second-order valence-corrected chi connectivity index (χ2v) is 7.89. The first-order valence-electron chi connectivity index (χ1n) is 9.56. The molecule has 3 aromatic rings. The summed E-state index contributed by atoms with van der Waals surface area (Å²) in [7, 11) is 0. The Kier molecular flexibility index (Phi) is 7.19. The molecule has 1 amide bonds. The summed E-state index contributed by atoms with van der Waals surface area (Å²) in [4.78, 5) is 28.6. The number of carbonyl (C=O) groups is 2. The number of nitrogens with zero attached hydrogens (tertiary/aromatic N) is 1. The summed E-state index contributed by atoms with van der Waals surface area (Å²) in [6.45, 7) is 5.68. The third kappa shape index (κ3) is 5.90. The average molecular weight is 425 g/mol. The number of rotatable bonds is 8. The van der Waals surface area contributed by atoms with Crippen molar-refractivity contribution in [3.63, 3.8) is 0 Å². The van der Waals surface area contributed by atoms with E-state index in [1.165, 1.54) is 11.3 Å². The lowest BCUT2D eigenvalue weighted by Gasteiger charge is -2.11. The number of hydrogen-bond donors (Lipinski definition) is 1. The van der Waals surface area contributed by atoms with Gasteiger partial charge in [0.05, 0.1) is 12.1 Å². The van der Waals surface area contributed by atoms with E-state index in [2.05, 4.69) is 10.3 Å². The van der Waals surface area contributed by atoms with Crippen LogP contribution in [0.15, 0.2) is 47.8 Å². The predicted octanol–water partition coefficient (Wildman–Crippen LogP) is 4.37. The molecule has 0 aliphatic rings. The summed E-state index contributed by atoms with van der Waals surface area (Å²) in [5.41, 5.74) is 4.34. The van der Waals surface area contributed by atoms with Crippen molar-refractivity contribution in [3.8, 4) is 5.75 Å². The molecule has 1 N–H and O–H groups in total. The maximum absolute atomic E-state index is 12.2. The molecule has 3 rings (SSSR count). The zero-order valence-corrected chi connectivity index (χ0v) is 18.0. The zero-order chi connectivity index (χ0) is 21.5. The second kappa shape index (κ2) is 10.0. The van der Waals surface area contributed by atoms with Gasteiger partial charge in [-0.1, -0.05) is 36.4 Å². The van der Waals surface area contributed by atoms with E-state index in [0.717, 1.165) is 22.4 Å². The highest BCUT2D eigenvalue weighted by Gasteiger charge is 2.12. The van der Waals surface area contributed by atoms with Crippen LogP contribution in [0.5, 0.6) is 5.75 Å².